The highest BCUT2D eigenvalue weighted by Gasteiger charge is 2.25. The molecule has 0 unspecified atom stereocenters. The van der Waals surface area contributed by atoms with Gasteiger partial charge in [-0.3, -0.25) is 0 Å². The Morgan fingerprint density at radius 2 is 2.17 bits per heavy atom. The molecule has 0 radical (unpaired) electrons. The lowest BCUT2D eigenvalue weighted by molar-refractivity contribution is 0.401. The molecule has 0 aromatic carbocycles. The number of aromatic nitrogens is 1. The van der Waals surface area contributed by atoms with Crippen molar-refractivity contribution in [1.29, 1.82) is 0 Å². The molecule has 4 heteroatoms. The van der Waals surface area contributed by atoms with Crippen LogP contribution >= 0.6 is 11.3 Å². The molecule has 2 rings (SSSR count). The Morgan fingerprint density at radius 1 is 1.39 bits per heavy atom. The van der Waals surface area contributed by atoms with Gasteiger partial charge in [-0.2, -0.15) is 0 Å². The molecule has 0 saturated heterocycles. The molecule has 18 heavy (non-hydrogen) atoms. The van der Waals surface area contributed by atoms with Crippen LogP contribution in [0.2, 0.25) is 0 Å². The summed E-state index contributed by atoms with van der Waals surface area (Å²) in [6.07, 6.45) is 6.33. The van der Waals surface area contributed by atoms with Crippen LogP contribution in [0.4, 0.5) is 5.13 Å². The number of thiazole rings is 1. The third kappa shape index (κ3) is 3.04. The van der Waals surface area contributed by atoms with Gasteiger partial charge in [-0.15, -0.1) is 11.3 Å². The lowest BCUT2D eigenvalue weighted by Crippen LogP contribution is -2.37. The molecule has 0 spiro atoms. The van der Waals surface area contributed by atoms with E-state index in [9.17, 15) is 0 Å². The first-order valence-electron chi connectivity index (χ1n) is 7.18. The summed E-state index contributed by atoms with van der Waals surface area (Å²) in [5, 5.41) is 4.64. The quantitative estimate of drug-likeness (QED) is 0.822. The minimum atomic E-state index is 0.734. The summed E-state index contributed by atoms with van der Waals surface area (Å²) >= 11 is 1.88. The maximum atomic E-state index is 4.86. The molecular formula is C14H25N3S. The fourth-order valence-corrected chi connectivity index (χ4v) is 3.37. The van der Waals surface area contributed by atoms with Gasteiger partial charge in [-0.05, 0) is 32.2 Å². The zero-order chi connectivity index (χ0) is 13.0. The third-order valence-electron chi connectivity index (χ3n) is 3.71. The monoisotopic (exact) mass is 267 g/mol. The number of hydrogen-bond acceptors (Lipinski definition) is 4. The van der Waals surface area contributed by atoms with Crippen LogP contribution in [0, 0.1) is 0 Å². The van der Waals surface area contributed by atoms with Crippen molar-refractivity contribution in [2.75, 3.05) is 18.5 Å². The minimum absolute atomic E-state index is 0.734. The topological polar surface area (TPSA) is 28.2 Å². The van der Waals surface area contributed by atoms with Crippen molar-refractivity contribution in [1.82, 2.24) is 10.3 Å². The molecule has 1 saturated carbocycles. The van der Waals surface area contributed by atoms with Crippen LogP contribution in [0.1, 0.15) is 50.1 Å². The van der Waals surface area contributed by atoms with Crippen LogP contribution in [0.5, 0.6) is 0 Å². The SMILES string of the molecule is CCCc1nc(N(C)C2CCC2)sc1CNCC. The van der Waals surface area contributed by atoms with Crippen LogP contribution in [0.25, 0.3) is 0 Å². The zero-order valence-electron chi connectivity index (χ0n) is 11.8. The Kier molecular flexibility index (Phi) is 5.01. The van der Waals surface area contributed by atoms with Gasteiger partial charge in [-0.25, -0.2) is 4.98 Å². The predicted molar refractivity (Wildman–Crippen MR) is 79.5 cm³/mol. The van der Waals surface area contributed by atoms with Crippen molar-refractivity contribution < 1.29 is 0 Å². The summed E-state index contributed by atoms with van der Waals surface area (Å²) in [4.78, 5) is 8.68. The average molecular weight is 267 g/mol. The fraction of sp³-hybridized carbons (Fsp3) is 0.786. The normalized spacial score (nSPS) is 15.7. The Labute approximate surface area is 115 Å². The number of nitrogens with one attached hydrogen (secondary N) is 1. The van der Waals surface area contributed by atoms with E-state index in [1.54, 1.807) is 0 Å². The molecular weight excluding hydrogens is 242 g/mol. The number of nitrogens with zero attached hydrogens (tertiary/aromatic N) is 2. The van der Waals surface area contributed by atoms with E-state index in [0.717, 1.165) is 25.6 Å². The number of rotatable bonds is 7. The van der Waals surface area contributed by atoms with Crippen LogP contribution < -0.4 is 10.2 Å². The second-order valence-electron chi connectivity index (χ2n) is 5.09. The second-order valence-corrected chi connectivity index (χ2v) is 6.15. The summed E-state index contributed by atoms with van der Waals surface area (Å²) in [6.45, 7) is 6.38. The third-order valence-corrected chi connectivity index (χ3v) is 4.90. The molecule has 1 fully saturated rings. The Bertz CT molecular complexity index is 371. The zero-order valence-corrected chi connectivity index (χ0v) is 12.6. The van der Waals surface area contributed by atoms with Crippen molar-refractivity contribution in [3.05, 3.63) is 10.6 Å². The van der Waals surface area contributed by atoms with E-state index in [2.05, 4.69) is 31.1 Å². The average Bonchev–Trinajstić information content (AvgIpc) is 2.68. The van der Waals surface area contributed by atoms with E-state index in [1.165, 1.54) is 41.4 Å². The molecule has 1 aliphatic carbocycles. The van der Waals surface area contributed by atoms with Gasteiger partial charge in [0, 0.05) is 24.5 Å². The highest BCUT2D eigenvalue weighted by molar-refractivity contribution is 7.15. The summed E-state index contributed by atoms with van der Waals surface area (Å²) < 4.78 is 0. The molecule has 1 aliphatic rings. The maximum Gasteiger partial charge on any atom is 0.185 e. The predicted octanol–water partition coefficient (Wildman–Crippen LogP) is 3.19. The smallest absolute Gasteiger partial charge is 0.185 e. The standard InChI is InChI=1S/C14H25N3S/c1-4-7-12-13(10-15-5-2)18-14(16-12)17(3)11-8-6-9-11/h11,15H,4-10H2,1-3H3. The van der Waals surface area contributed by atoms with Crippen LogP contribution in [0.15, 0.2) is 0 Å². The van der Waals surface area contributed by atoms with Crippen molar-refractivity contribution >= 4 is 16.5 Å². The van der Waals surface area contributed by atoms with Gasteiger partial charge in [0.1, 0.15) is 0 Å². The van der Waals surface area contributed by atoms with Crippen molar-refractivity contribution in [3.63, 3.8) is 0 Å². The van der Waals surface area contributed by atoms with E-state index in [4.69, 9.17) is 4.98 Å². The molecule has 1 aromatic heterocycles. The first-order valence-corrected chi connectivity index (χ1v) is 8.00. The summed E-state index contributed by atoms with van der Waals surface area (Å²) in [7, 11) is 2.20. The van der Waals surface area contributed by atoms with E-state index in [0.29, 0.717) is 0 Å². The molecule has 0 amide bonds. The van der Waals surface area contributed by atoms with Gasteiger partial charge in [-0.1, -0.05) is 20.3 Å². The highest BCUT2D eigenvalue weighted by Crippen LogP contribution is 2.32. The van der Waals surface area contributed by atoms with Crippen molar-refractivity contribution in [3.8, 4) is 0 Å². The van der Waals surface area contributed by atoms with Gasteiger partial charge in [0.25, 0.3) is 0 Å². The number of hydrogen-bond donors (Lipinski definition) is 1. The van der Waals surface area contributed by atoms with Crippen molar-refractivity contribution in [2.45, 2.75) is 58.5 Å². The van der Waals surface area contributed by atoms with E-state index >= 15 is 0 Å². The van der Waals surface area contributed by atoms with E-state index in [1.807, 2.05) is 11.3 Å². The molecule has 0 atom stereocenters. The van der Waals surface area contributed by atoms with E-state index in [-0.39, 0.29) is 0 Å². The molecule has 1 heterocycles. The lowest BCUT2D eigenvalue weighted by Gasteiger charge is -2.34. The highest BCUT2D eigenvalue weighted by atomic mass is 32.1. The van der Waals surface area contributed by atoms with E-state index < -0.39 is 0 Å². The molecule has 0 bridgehead atoms. The maximum absolute atomic E-state index is 4.86. The van der Waals surface area contributed by atoms with Gasteiger partial charge < -0.3 is 10.2 Å². The summed E-state index contributed by atoms with van der Waals surface area (Å²) in [5.41, 5.74) is 1.31. The largest absolute Gasteiger partial charge is 0.348 e. The Morgan fingerprint density at radius 3 is 2.72 bits per heavy atom. The van der Waals surface area contributed by atoms with Gasteiger partial charge in [0.15, 0.2) is 5.13 Å². The number of anilines is 1. The van der Waals surface area contributed by atoms with Crippen LogP contribution in [-0.2, 0) is 13.0 Å². The first kappa shape index (κ1) is 13.8. The molecule has 0 aliphatic heterocycles. The van der Waals surface area contributed by atoms with Crippen molar-refractivity contribution in [2.24, 2.45) is 0 Å². The molecule has 102 valence electrons. The summed E-state index contributed by atoms with van der Waals surface area (Å²) in [6, 6.07) is 0.734. The van der Waals surface area contributed by atoms with Crippen LogP contribution in [-0.4, -0.2) is 24.6 Å². The molecule has 3 nitrogen and oxygen atoms in total. The summed E-state index contributed by atoms with van der Waals surface area (Å²) in [5.74, 6) is 0. The van der Waals surface area contributed by atoms with Gasteiger partial charge in [0.2, 0.25) is 0 Å². The Balaban J connectivity index is 2.09. The van der Waals surface area contributed by atoms with Crippen LogP contribution in [0.3, 0.4) is 0 Å². The Hall–Kier alpha value is -0.610. The fourth-order valence-electron chi connectivity index (χ4n) is 2.26. The lowest BCUT2D eigenvalue weighted by atomic mass is 9.92. The second kappa shape index (κ2) is 6.53. The number of aryl methyl sites for hydroxylation is 1. The minimum Gasteiger partial charge on any atom is -0.348 e. The molecule has 1 aromatic rings. The molecule has 1 N–H and O–H groups in total. The first-order chi connectivity index (χ1) is 8.76. The van der Waals surface area contributed by atoms with Gasteiger partial charge in [0.05, 0.1) is 5.69 Å². The van der Waals surface area contributed by atoms with Gasteiger partial charge >= 0.3 is 0 Å².